The summed E-state index contributed by atoms with van der Waals surface area (Å²) in [4.78, 5) is 63.1. The van der Waals surface area contributed by atoms with Gasteiger partial charge in [0.1, 0.15) is 24.4 Å². The van der Waals surface area contributed by atoms with E-state index >= 15 is 0 Å². The SMILES string of the molecule is C#C.C=O.CCCN(CC(=O)Nc1ccc(-c2ccc(-c3ccc(NC(=O)[C@@H]4CCCN4C(=O)Cc4ccccc4)cc3)o2)cc1)C(=O)[C@@H](O)c1ccccc1. The molecule has 6 rings (SSSR count). The number of hydrogen-bond donors (Lipinski definition) is 3. The third kappa shape index (κ3) is 11.1. The Labute approximate surface area is 327 Å². The first-order valence-electron chi connectivity index (χ1n) is 18.2. The maximum absolute atomic E-state index is 13.2. The molecule has 0 radical (unpaired) electrons. The summed E-state index contributed by atoms with van der Waals surface area (Å²) in [5.41, 5.74) is 4.25. The number of furan rings is 1. The van der Waals surface area contributed by atoms with Crippen molar-refractivity contribution in [3.63, 3.8) is 0 Å². The van der Waals surface area contributed by atoms with Gasteiger partial charge in [0.2, 0.25) is 17.7 Å². The molecule has 56 heavy (non-hydrogen) atoms. The smallest absolute Gasteiger partial charge is 0.256 e. The Morgan fingerprint density at radius 1 is 0.804 bits per heavy atom. The minimum Gasteiger partial charge on any atom is -0.456 e. The van der Waals surface area contributed by atoms with Crippen molar-refractivity contribution in [1.29, 1.82) is 0 Å². The zero-order valence-corrected chi connectivity index (χ0v) is 31.3. The summed E-state index contributed by atoms with van der Waals surface area (Å²) >= 11 is 0. The van der Waals surface area contributed by atoms with Crippen LogP contribution in [0.15, 0.2) is 126 Å². The fourth-order valence-electron chi connectivity index (χ4n) is 6.38. The molecule has 0 spiro atoms. The van der Waals surface area contributed by atoms with Crippen molar-refractivity contribution >= 4 is 41.8 Å². The molecule has 1 saturated heterocycles. The van der Waals surface area contributed by atoms with Gasteiger partial charge in [-0.15, -0.1) is 12.8 Å². The summed E-state index contributed by atoms with van der Waals surface area (Å²) in [5.74, 6) is 0.163. The van der Waals surface area contributed by atoms with E-state index in [1.807, 2.05) is 92.6 Å². The summed E-state index contributed by atoms with van der Waals surface area (Å²) in [6.45, 7) is 4.63. The van der Waals surface area contributed by atoms with E-state index in [2.05, 4.69) is 23.5 Å². The lowest BCUT2D eigenvalue weighted by Gasteiger charge is -2.24. The lowest BCUT2D eigenvalue weighted by atomic mass is 10.1. The fraction of sp³-hybridized carbons (Fsp3) is 0.222. The van der Waals surface area contributed by atoms with Gasteiger partial charge in [-0.05, 0) is 91.1 Å². The van der Waals surface area contributed by atoms with Crippen LogP contribution in [0, 0.1) is 12.8 Å². The maximum Gasteiger partial charge on any atom is 0.256 e. The molecule has 0 aliphatic carbocycles. The number of nitrogens with one attached hydrogen (secondary N) is 2. The Morgan fingerprint density at radius 3 is 1.89 bits per heavy atom. The number of rotatable bonds is 13. The molecule has 2 heterocycles. The van der Waals surface area contributed by atoms with Crippen LogP contribution in [0.25, 0.3) is 22.6 Å². The molecule has 4 aromatic carbocycles. The molecule has 0 saturated carbocycles. The van der Waals surface area contributed by atoms with Crippen molar-refractivity contribution in [2.24, 2.45) is 0 Å². The van der Waals surface area contributed by atoms with Crippen LogP contribution in [0.3, 0.4) is 0 Å². The Balaban J connectivity index is 0.00000169. The zero-order valence-electron chi connectivity index (χ0n) is 31.3. The van der Waals surface area contributed by atoms with Gasteiger partial charge in [-0.1, -0.05) is 67.6 Å². The number of hydrogen-bond acceptors (Lipinski definition) is 7. The molecule has 2 atom stereocenters. The highest BCUT2D eigenvalue weighted by Gasteiger charge is 2.34. The Hall–Kier alpha value is -6.77. The van der Waals surface area contributed by atoms with Crippen molar-refractivity contribution in [3.8, 4) is 35.5 Å². The van der Waals surface area contributed by atoms with Crippen molar-refractivity contribution < 1.29 is 33.5 Å². The zero-order chi connectivity index (χ0) is 40.5. The van der Waals surface area contributed by atoms with Crippen molar-refractivity contribution in [2.45, 2.75) is 44.8 Å². The lowest BCUT2D eigenvalue weighted by Crippen LogP contribution is -2.43. The van der Waals surface area contributed by atoms with Crippen LogP contribution in [0.1, 0.15) is 43.4 Å². The highest BCUT2D eigenvalue weighted by Crippen LogP contribution is 2.30. The first kappa shape index (κ1) is 42.0. The number of benzene rings is 4. The summed E-state index contributed by atoms with van der Waals surface area (Å²) < 4.78 is 6.15. The first-order chi connectivity index (χ1) is 27.3. The first-order valence-corrected chi connectivity index (χ1v) is 18.2. The van der Waals surface area contributed by atoms with E-state index < -0.39 is 18.1 Å². The van der Waals surface area contributed by atoms with Crippen LogP contribution < -0.4 is 10.6 Å². The topological polar surface area (TPSA) is 149 Å². The number of aliphatic hydroxyl groups is 1. The van der Waals surface area contributed by atoms with Gasteiger partial charge in [0.25, 0.3) is 5.91 Å². The van der Waals surface area contributed by atoms with Gasteiger partial charge in [0.05, 0.1) is 13.0 Å². The molecule has 1 aliphatic heterocycles. The Morgan fingerprint density at radius 2 is 1.34 bits per heavy atom. The monoisotopic (exact) mass is 754 g/mol. The minimum absolute atomic E-state index is 0.0460. The molecule has 0 bridgehead atoms. The third-order valence-electron chi connectivity index (χ3n) is 9.06. The summed E-state index contributed by atoms with van der Waals surface area (Å²) in [7, 11) is 0. The Bertz CT molecular complexity index is 2050. The molecule has 3 N–H and O–H groups in total. The molecule has 11 heteroatoms. The second-order valence-electron chi connectivity index (χ2n) is 12.8. The average Bonchev–Trinajstić information content (AvgIpc) is 3.95. The Kier molecular flexibility index (Phi) is 15.9. The quantitative estimate of drug-likeness (QED) is 0.113. The number of anilines is 2. The van der Waals surface area contributed by atoms with E-state index in [4.69, 9.17) is 9.21 Å². The van der Waals surface area contributed by atoms with E-state index in [1.54, 1.807) is 47.4 Å². The second kappa shape index (κ2) is 21.2. The lowest BCUT2D eigenvalue weighted by molar-refractivity contribution is -0.142. The third-order valence-corrected chi connectivity index (χ3v) is 9.06. The van der Waals surface area contributed by atoms with Gasteiger partial charge < -0.3 is 34.8 Å². The van der Waals surface area contributed by atoms with Crippen molar-refractivity contribution in [1.82, 2.24) is 9.80 Å². The maximum atomic E-state index is 13.2. The predicted molar refractivity (Wildman–Crippen MR) is 217 cm³/mol. The summed E-state index contributed by atoms with van der Waals surface area (Å²) in [5, 5.41) is 16.4. The molecule has 4 amide bonds. The van der Waals surface area contributed by atoms with E-state index in [1.165, 1.54) is 4.90 Å². The normalized spacial score (nSPS) is 13.5. The predicted octanol–water partition coefficient (Wildman–Crippen LogP) is 6.76. The molecule has 1 aliphatic rings. The summed E-state index contributed by atoms with van der Waals surface area (Å²) in [6.07, 6.45) is 8.99. The minimum atomic E-state index is -1.34. The number of carbonyl (C=O) groups excluding carboxylic acids is 5. The van der Waals surface area contributed by atoms with Gasteiger partial charge >= 0.3 is 0 Å². The molecule has 11 nitrogen and oxygen atoms in total. The fourth-order valence-corrected chi connectivity index (χ4v) is 6.38. The van der Waals surface area contributed by atoms with Gasteiger partial charge in [-0.25, -0.2) is 0 Å². The van der Waals surface area contributed by atoms with Crippen molar-refractivity contribution in [2.75, 3.05) is 30.3 Å². The van der Waals surface area contributed by atoms with Crippen LogP contribution in [0.2, 0.25) is 0 Å². The molecule has 0 unspecified atom stereocenters. The molecular weight excluding hydrogens is 709 g/mol. The van der Waals surface area contributed by atoms with E-state index in [0.717, 1.165) is 23.1 Å². The number of carbonyl (C=O) groups is 5. The van der Waals surface area contributed by atoms with Crippen LogP contribution in [0.4, 0.5) is 11.4 Å². The standard InChI is InChI=1S/C42H42N4O6.C2H2.CH2O/c1-2-25-45(42(51)40(49)32-12-7-4-8-13-32)28-38(47)43-33-19-15-30(16-20-33)36-23-24-37(52-36)31-17-21-34(22-18-31)44-41(50)35-14-9-26-46(35)39(48)27-29-10-5-3-6-11-29;2*1-2/h3-8,10-13,15-24,35,40,49H,2,9,14,25-28H2,1H3,(H,43,47)(H,44,50);1-2H;1H2/t35-,40-;;/m0../s1. The largest absolute Gasteiger partial charge is 0.456 e. The number of terminal acetylenes is 1. The van der Waals surface area contributed by atoms with E-state index in [9.17, 15) is 24.3 Å². The molecule has 288 valence electrons. The average molecular weight is 755 g/mol. The van der Waals surface area contributed by atoms with Crippen molar-refractivity contribution in [3.05, 3.63) is 132 Å². The van der Waals surface area contributed by atoms with Crippen LogP contribution in [-0.2, 0) is 30.4 Å². The highest BCUT2D eigenvalue weighted by atomic mass is 16.3. The van der Waals surface area contributed by atoms with Crippen LogP contribution >= 0.6 is 0 Å². The van der Waals surface area contributed by atoms with E-state index in [-0.39, 0.29) is 30.7 Å². The second-order valence-corrected chi connectivity index (χ2v) is 12.8. The summed E-state index contributed by atoms with van der Waals surface area (Å²) in [6, 6.07) is 36.0. The van der Waals surface area contributed by atoms with Gasteiger partial charge in [-0.2, -0.15) is 0 Å². The van der Waals surface area contributed by atoms with E-state index in [0.29, 0.717) is 54.4 Å². The van der Waals surface area contributed by atoms with Gasteiger partial charge in [0, 0.05) is 35.6 Å². The molecular formula is C45H46N4O7. The highest BCUT2D eigenvalue weighted by molar-refractivity contribution is 5.98. The van der Waals surface area contributed by atoms with Crippen LogP contribution in [0.5, 0.6) is 0 Å². The number of nitrogens with zero attached hydrogens (tertiary/aromatic N) is 2. The van der Waals surface area contributed by atoms with Gasteiger partial charge in [-0.3, -0.25) is 19.2 Å². The number of aliphatic hydroxyl groups excluding tert-OH is 1. The molecule has 1 fully saturated rings. The van der Waals surface area contributed by atoms with Gasteiger partial charge in [0.15, 0.2) is 6.10 Å². The number of amides is 4. The molecule has 1 aromatic heterocycles. The number of likely N-dealkylation sites (tertiary alicyclic amines) is 1. The van der Waals surface area contributed by atoms with Crippen LogP contribution in [-0.4, -0.2) is 71.0 Å². The molecule has 5 aromatic rings.